The Labute approximate surface area is 111 Å². The third-order valence-electron chi connectivity index (χ3n) is 3.64. The Balaban J connectivity index is 1.68. The fourth-order valence-corrected chi connectivity index (χ4v) is 2.43. The molecule has 1 aromatic rings. The number of hydrogen-bond donors (Lipinski definition) is 3. The quantitative estimate of drug-likeness (QED) is 0.753. The number of carbonyl (C=O) groups is 2. The number of nitrogens with one attached hydrogen (secondary N) is 3. The Bertz CT molecular complexity index is 485. The molecule has 0 spiro atoms. The van der Waals surface area contributed by atoms with E-state index in [-0.39, 0.29) is 18.0 Å². The van der Waals surface area contributed by atoms with Gasteiger partial charge in [-0.3, -0.25) is 4.79 Å². The van der Waals surface area contributed by atoms with Gasteiger partial charge in [-0.15, -0.1) is 0 Å². The minimum atomic E-state index is -0.461. The second kappa shape index (κ2) is 4.91. The first-order valence-corrected chi connectivity index (χ1v) is 6.64. The molecule has 19 heavy (non-hydrogen) atoms. The number of carbonyl (C=O) groups excluding carboxylic acids is 2. The number of benzene rings is 1. The van der Waals surface area contributed by atoms with E-state index in [4.69, 9.17) is 0 Å². The van der Waals surface area contributed by atoms with Gasteiger partial charge in [-0.25, -0.2) is 4.79 Å². The zero-order valence-corrected chi connectivity index (χ0v) is 10.6. The fourth-order valence-electron chi connectivity index (χ4n) is 2.43. The van der Waals surface area contributed by atoms with Crippen molar-refractivity contribution in [2.24, 2.45) is 5.92 Å². The van der Waals surface area contributed by atoms with Crippen molar-refractivity contribution in [2.45, 2.75) is 24.9 Å². The lowest BCUT2D eigenvalue weighted by Gasteiger charge is -2.20. The lowest BCUT2D eigenvalue weighted by Crippen LogP contribution is -2.44. The van der Waals surface area contributed by atoms with E-state index in [1.807, 2.05) is 30.3 Å². The summed E-state index contributed by atoms with van der Waals surface area (Å²) in [4.78, 5) is 23.2. The second-order valence-electron chi connectivity index (χ2n) is 5.14. The van der Waals surface area contributed by atoms with Crippen molar-refractivity contribution < 1.29 is 9.59 Å². The van der Waals surface area contributed by atoms with Gasteiger partial charge in [0.15, 0.2) is 0 Å². The zero-order valence-electron chi connectivity index (χ0n) is 10.6. The first-order chi connectivity index (χ1) is 9.24. The van der Waals surface area contributed by atoms with Crippen LogP contribution >= 0.6 is 0 Å². The van der Waals surface area contributed by atoms with Gasteiger partial charge in [0.25, 0.3) is 0 Å². The van der Waals surface area contributed by atoms with Crippen molar-refractivity contribution >= 4 is 11.9 Å². The molecule has 0 bridgehead atoms. The molecule has 1 aliphatic carbocycles. The van der Waals surface area contributed by atoms with Crippen LogP contribution in [0.15, 0.2) is 30.3 Å². The highest BCUT2D eigenvalue weighted by Crippen LogP contribution is 2.40. The third kappa shape index (κ3) is 2.70. The maximum absolute atomic E-state index is 12.1. The summed E-state index contributed by atoms with van der Waals surface area (Å²) in [5.41, 5.74) is 1.13. The lowest BCUT2D eigenvalue weighted by atomic mass is 10.0. The van der Waals surface area contributed by atoms with Crippen LogP contribution in [0, 0.1) is 5.92 Å². The van der Waals surface area contributed by atoms with E-state index in [1.165, 1.54) is 0 Å². The molecule has 5 heteroatoms. The van der Waals surface area contributed by atoms with Gasteiger partial charge < -0.3 is 16.0 Å². The number of rotatable bonds is 4. The first kappa shape index (κ1) is 12.0. The van der Waals surface area contributed by atoms with Gasteiger partial charge in [0.2, 0.25) is 5.91 Å². The van der Waals surface area contributed by atoms with Crippen LogP contribution in [-0.2, 0) is 4.79 Å². The largest absolute Gasteiger partial charge is 0.347 e. The van der Waals surface area contributed by atoms with E-state index < -0.39 is 6.04 Å². The molecule has 1 aliphatic heterocycles. The lowest BCUT2D eigenvalue weighted by molar-refractivity contribution is -0.123. The van der Waals surface area contributed by atoms with Crippen molar-refractivity contribution in [2.75, 3.05) is 6.54 Å². The van der Waals surface area contributed by atoms with E-state index in [1.54, 1.807) is 0 Å². The average Bonchev–Trinajstić information content (AvgIpc) is 3.18. The molecule has 1 heterocycles. The predicted octanol–water partition coefficient (Wildman–Crippen LogP) is 0.935. The van der Waals surface area contributed by atoms with E-state index in [2.05, 4.69) is 16.0 Å². The Morgan fingerprint density at radius 1 is 1.26 bits per heavy atom. The van der Waals surface area contributed by atoms with Gasteiger partial charge in [-0.05, 0) is 24.3 Å². The molecule has 3 amide bonds. The average molecular weight is 259 g/mol. The molecule has 0 aromatic heterocycles. The Hall–Kier alpha value is -2.04. The predicted molar refractivity (Wildman–Crippen MR) is 70.4 cm³/mol. The highest BCUT2D eigenvalue weighted by atomic mass is 16.2. The van der Waals surface area contributed by atoms with E-state index >= 15 is 0 Å². The molecule has 2 fully saturated rings. The maximum Gasteiger partial charge on any atom is 0.315 e. The van der Waals surface area contributed by atoms with Crippen LogP contribution in [0.3, 0.4) is 0 Å². The normalized spacial score (nSPS) is 23.4. The number of amides is 3. The molecule has 2 atom stereocenters. The van der Waals surface area contributed by atoms with Gasteiger partial charge in [0, 0.05) is 6.54 Å². The summed E-state index contributed by atoms with van der Waals surface area (Å²) >= 11 is 0. The molecule has 2 aliphatic rings. The molecule has 3 N–H and O–H groups in total. The van der Waals surface area contributed by atoms with Gasteiger partial charge in [0.05, 0.1) is 6.04 Å². The van der Waals surface area contributed by atoms with Crippen LogP contribution in [0.4, 0.5) is 4.79 Å². The van der Waals surface area contributed by atoms with Gasteiger partial charge >= 0.3 is 6.03 Å². The van der Waals surface area contributed by atoms with Crippen LogP contribution in [-0.4, -0.2) is 24.5 Å². The smallest absolute Gasteiger partial charge is 0.315 e. The maximum atomic E-state index is 12.1. The molecule has 0 unspecified atom stereocenters. The SMILES string of the molecule is O=C1NC[C@@H](C(=O)N[C@@H](c2ccccc2)C2CC2)N1. The zero-order chi connectivity index (χ0) is 13.2. The summed E-state index contributed by atoms with van der Waals surface area (Å²) in [7, 11) is 0. The minimum absolute atomic E-state index is 0.0613. The third-order valence-corrected chi connectivity index (χ3v) is 3.64. The Morgan fingerprint density at radius 3 is 2.58 bits per heavy atom. The summed E-state index contributed by atoms with van der Waals surface area (Å²) in [6.45, 7) is 0.358. The Kier molecular flexibility index (Phi) is 3.11. The molecule has 3 rings (SSSR count). The molecular weight excluding hydrogens is 242 g/mol. The standard InChI is InChI=1S/C14H17N3O2/c18-13(11-8-15-14(19)16-11)17-12(10-6-7-10)9-4-2-1-3-5-9/h1-5,10-12H,6-8H2,(H,17,18)(H2,15,16,19)/t11-,12-/m0/s1. The van der Waals surface area contributed by atoms with Crippen LogP contribution < -0.4 is 16.0 Å². The summed E-state index contributed by atoms with van der Waals surface area (Å²) in [6, 6.07) is 9.33. The van der Waals surface area contributed by atoms with Crippen molar-refractivity contribution in [3.63, 3.8) is 0 Å². The molecule has 1 saturated heterocycles. The van der Waals surface area contributed by atoms with Gasteiger partial charge in [-0.2, -0.15) is 0 Å². The minimum Gasteiger partial charge on any atom is -0.347 e. The monoisotopic (exact) mass is 259 g/mol. The topological polar surface area (TPSA) is 70.2 Å². The highest BCUT2D eigenvalue weighted by Gasteiger charge is 2.35. The van der Waals surface area contributed by atoms with Crippen LogP contribution in [0.1, 0.15) is 24.4 Å². The first-order valence-electron chi connectivity index (χ1n) is 6.64. The summed E-state index contributed by atoms with van der Waals surface area (Å²) in [5, 5.41) is 8.27. The molecular formula is C14H17N3O2. The van der Waals surface area contributed by atoms with Gasteiger partial charge in [0.1, 0.15) is 6.04 Å². The molecule has 1 saturated carbocycles. The highest BCUT2D eigenvalue weighted by molar-refractivity contribution is 5.90. The van der Waals surface area contributed by atoms with Crippen molar-refractivity contribution in [3.05, 3.63) is 35.9 Å². The summed E-state index contributed by atoms with van der Waals surface area (Å²) in [5.74, 6) is 0.413. The number of urea groups is 1. The fraction of sp³-hybridized carbons (Fsp3) is 0.429. The van der Waals surface area contributed by atoms with Crippen LogP contribution in [0.2, 0.25) is 0 Å². The van der Waals surface area contributed by atoms with Crippen molar-refractivity contribution in [1.82, 2.24) is 16.0 Å². The van der Waals surface area contributed by atoms with Crippen LogP contribution in [0.5, 0.6) is 0 Å². The molecule has 100 valence electrons. The van der Waals surface area contributed by atoms with Crippen molar-refractivity contribution in [3.8, 4) is 0 Å². The second-order valence-corrected chi connectivity index (χ2v) is 5.14. The Morgan fingerprint density at radius 2 is 2.00 bits per heavy atom. The number of hydrogen-bond acceptors (Lipinski definition) is 2. The van der Waals surface area contributed by atoms with E-state index in [9.17, 15) is 9.59 Å². The molecule has 0 radical (unpaired) electrons. The molecule has 1 aromatic carbocycles. The summed E-state index contributed by atoms with van der Waals surface area (Å²) in [6.07, 6.45) is 2.30. The van der Waals surface area contributed by atoms with Crippen molar-refractivity contribution in [1.29, 1.82) is 0 Å². The van der Waals surface area contributed by atoms with Gasteiger partial charge in [-0.1, -0.05) is 30.3 Å². The van der Waals surface area contributed by atoms with E-state index in [0.717, 1.165) is 18.4 Å². The van der Waals surface area contributed by atoms with Crippen LogP contribution in [0.25, 0.3) is 0 Å². The van der Waals surface area contributed by atoms with E-state index in [0.29, 0.717) is 12.5 Å². The molecule has 5 nitrogen and oxygen atoms in total. The summed E-state index contributed by atoms with van der Waals surface area (Å²) < 4.78 is 0.